The molecule has 0 radical (unpaired) electrons. The van der Waals surface area contributed by atoms with Gasteiger partial charge in [-0.05, 0) is 73.5 Å². The number of hydrogen-bond donors (Lipinski definition) is 0. The third kappa shape index (κ3) is 6.90. The monoisotopic (exact) mass is 626 g/mol. The summed E-state index contributed by atoms with van der Waals surface area (Å²) in [5.41, 5.74) is 3.55. The molecule has 0 N–H and O–H groups in total. The Morgan fingerprint density at radius 3 is 2.16 bits per heavy atom. The van der Waals surface area contributed by atoms with Gasteiger partial charge in [0.15, 0.2) is 0 Å². The van der Waals surface area contributed by atoms with Gasteiger partial charge in [-0.1, -0.05) is 36.4 Å². The Hall–Kier alpha value is -4.60. The molecule has 0 saturated heterocycles. The first-order valence-corrected chi connectivity index (χ1v) is 15.6. The third-order valence-electron chi connectivity index (χ3n) is 7.77. The summed E-state index contributed by atoms with van der Waals surface area (Å²) >= 11 is 1.54. The van der Waals surface area contributed by atoms with Crippen molar-refractivity contribution in [2.75, 3.05) is 41.5 Å². The first-order valence-electron chi connectivity index (χ1n) is 14.8. The van der Waals surface area contributed by atoms with Crippen molar-refractivity contribution in [2.45, 2.75) is 26.4 Å². The molecule has 8 nitrogen and oxygen atoms in total. The van der Waals surface area contributed by atoms with Crippen LogP contribution < -0.4 is 19.6 Å². The van der Waals surface area contributed by atoms with E-state index in [1.165, 1.54) is 0 Å². The number of carbonyl (C=O) groups excluding carboxylic acids is 1. The van der Waals surface area contributed by atoms with Crippen molar-refractivity contribution in [3.63, 3.8) is 0 Å². The summed E-state index contributed by atoms with van der Waals surface area (Å²) < 4.78 is 23.9. The predicted molar refractivity (Wildman–Crippen MR) is 179 cm³/mol. The Balaban J connectivity index is 1.66. The minimum atomic E-state index is -0.633. The highest BCUT2D eigenvalue weighted by Crippen LogP contribution is 2.39. The zero-order valence-corrected chi connectivity index (χ0v) is 27.1. The van der Waals surface area contributed by atoms with Crippen molar-refractivity contribution in [1.29, 1.82) is 0 Å². The zero-order valence-electron chi connectivity index (χ0n) is 26.3. The highest BCUT2D eigenvalue weighted by atomic mass is 32.1. The number of ether oxygens (including phenoxy) is 4. The fourth-order valence-corrected chi connectivity index (χ4v) is 6.77. The molecule has 5 aromatic rings. The molecule has 0 aliphatic carbocycles. The van der Waals surface area contributed by atoms with Gasteiger partial charge in [0, 0.05) is 29.7 Å². The van der Waals surface area contributed by atoms with Crippen LogP contribution in [0.5, 0.6) is 17.2 Å². The van der Waals surface area contributed by atoms with E-state index in [4.69, 9.17) is 18.9 Å². The van der Waals surface area contributed by atoms with Crippen LogP contribution in [0, 0.1) is 0 Å². The van der Waals surface area contributed by atoms with Gasteiger partial charge in [0.25, 0.3) is 0 Å². The highest BCUT2D eigenvalue weighted by Gasteiger charge is 2.25. The maximum absolute atomic E-state index is 14.2. The van der Waals surface area contributed by atoms with Gasteiger partial charge in [-0.2, -0.15) is 0 Å². The second kappa shape index (κ2) is 14.5. The molecule has 2 heterocycles. The van der Waals surface area contributed by atoms with E-state index in [1.807, 2.05) is 78.3 Å². The van der Waals surface area contributed by atoms with Gasteiger partial charge < -0.3 is 28.4 Å². The molecule has 0 bridgehead atoms. The van der Waals surface area contributed by atoms with Gasteiger partial charge in [0.2, 0.25) is 5.43 Å². The van der Waals surface area contributed by atoms with E-state index >= 15 is 0 Å². The summed E-state index contributed by atoms with van der Waals surface area (Å²) in [6, 6.07) is 23.6. The molecule has 0 spiro atoms. The number of esters is 1. The van der Waals surface area contributed by atoms with Crippen LogP contribution in [-0.2, 0) is 24.2 Å². The van der Waals surface area contributed by atoms with E-state index in [0.717, 1.165) is 62.2 Å². The fraction of sp³-hybridized carbons (Fsp3) is 0.278. The second-order valence-electron chi connectivity index (χ2n) is 10.7. The van der Waals surface area contributed by atoms with Crippen molar-refractivity contribution >= 4 is 27.5 Å². The number of pyridine rings is 1. The minimum absolute atomic E-state index is 0.0104. The van der Waals surface area contributed by atoms with Crippen LogP contribution in [0.2, 0.25) is 0 Å². The predicted octanol–water partition coefficient (Wildman–Crippen LogP) is 6.66. The molecule has 0 unspecified atom stereocenters. The number of carbonyl (C=O) groups is 1. The SMILES string of the molecule is CCOC(=O)c1cn(Cc2ccccc2OC)c2sc(-c3ccc(OC)cc3)c(CN(C)CCc3ccccc3OC)c2c1=O. The topological polar surface area (TPSA) is 79.2 Å². The summed E-state index contributed by atoms with van der Waals surface area (Å²) in [6.45, 7) is 3.53. The lowest BCUT2D eigenvalue weighted by Crippen LogP contribution is -2.24. The maximum atomic E-state index is 14.2. The van der Waals surface area contributed by atoms with E-state index < -0.39 is 5.97 Å². The quantitative estimate of drug-likeness (QED) is 0.135. The molecular weight excluding hydrogens is 588 g/mol. The summed E-state index contributed by atoms with van der Waals surface area (Å²) in [7, 11) is 6.99. The molecule has 5 rings (SSSR count). The van der Waals surface area contributed by atoms with Crippen LogP contribution >= 0.6 is 11.3 Å². The Bertz CT molecular complexity index is 1840. The third-order valence-corrected chi connectivity index (χ3v) is 9.09. The fourth-order valence-electron chi connectivity index (χ4n) is 5.48. The molecule has 0 atom stereocenters. The Labute approximate surface area is 267 Å². The molecule has 234 valence electrons. The van der Waals surface area contributed by atoms with Crippen LogP contribution in [0.4, 0.5) is 0 Å². The average molecular weight is 627 g/mol. The Morgan fingerprint density at radius 2 is 1.51 bits per heavy atom. The van der Waals surface area contributed by atoms with Gasteiger partial charge in [-0.3, -0.25) is 4.79 Å². The van der Waals surface area contributed by atoms with Gasteiger partial charge in [-0.25, -0.2) is 4.79 Å². The van der Waals surface area contributed by atoms with Crippen molar-refractivity contribution < 1.29 is 23.7 Å². The van der Waals surface area contributed by atoms with Crippen molar-refractivity contribution in [2.24, 2.45) is 0 Å². The molecule has 2 aromatic heterocycles. The first-order chi connectivity index (χ1) is 21.9. The normalized spacial score (nSPS) is 11.2. The molecular formula is C36H38N2O6S. The van der Waals surface area contributed by atoms with Gasteiger partial charge in [0.05, 0.1) is 39.9 Å². The number of likely N-dealkylation sites (N-methyl/N-ethyl adjacent to an activating group) is 1. The molecule has 9 heteroatoms. The van der Waals surface area contributed by atoms with Gasteiger partial charge >= 0.3 is 5.97 Å². The van der Waals surface area contributed by atoms with Crippen LogP contribution in [-0.4, -0.2) is 57.0 Å². The van der Waals surface area contributed by atoms with E-state index in [9.17, 15) is 9.59 Å². The molecule has 0 aliphatic rings. The van der Waals surface area contributed by atoms with E-state index in [1.54, 1.807) is 45.8 Å². The number of nitrogens with zero attached hydrogens (tertiary/aromatic N) is 2. The van der Waals surface area contributed by atoms with Crippen LogP contribution in [0.25, 0.3) is 20.7 Å². The van der Waals surface area contributed by atoms with Crippen molar-refractivity contribution in [3.05, 3.63) is 111 Å². The maximum Gasteiger partial charge on any atom is 0.343 e. The molecule has 0 aliphatic heterocycles. The van der Waals surface area contributed by atoms with E-state index in [2.05, 4.69) is 11.0 Å². The summed E-state index contributed by atoms with van der Waals surface area (Å²) in [5, 5.41) is 0.524. The smallest absolute Gasteiger partial charge is 0.343 e. The highest BCUT2D eigenvalue weighted by molar-refractivity contribution is 7.22. The van der Waals surface area contributed by atoms with Crippen molar-refractivity contribution in [3.8, 4) is 27.7 Å². The lowest BCUT2D eigenvalue weighted by atomic mass is 10.0. The number of methoxy groups -OCH3 is 3. The molecule has 45 heavy (non-hydrogen) atoms. The second-order valence-corrected chi connectivity index (χ2v) is 11.6. The zero-order chi connectivity index (χ0) is 31.9. The molecule has 0 amide bonds. The average Bonchev–Trinajstić information content (AvgIpc) is 3.45. The summed E-state index contributed by atoms with van der Waals surface area (Å²) in [5.74, 6) is 1.69. The van der Waals surface area contributed by atoms with Crippen molar-refractivity contribution in [1.82, 2.24) is 9.47 Å². The van der Waals surface area contributed by atoms with Crippen LogP contribution in [0.3, 0.4) is 0 Å². The number of thiophene rings is 1. The molecule has 0 fully saturated rings. The number of hydrogen-bond acceptors (Lipinski definition) is 8. The van der Waals surface area contributed by atoms with Gasteiger partial charge in [0.1, 0.15) is 27.6 Å². The number of fused-ring (bicyclic) bond motifs is 1. The number of rotatable bonds is 13. The minimum Gasteiger partial charge on any atom is -0.497 e. The largest absolute Gasteiger partial charge is 0.497 e. The number of benzene rings is 3. The molecule has 0 saturated carbocycles. The first kappa shape index (κ1) is 31.8. The van der Waals surface area contributed by atoms with Gasteiger partial charge in [-0.15, -0.1) is 11.3 Å². The lowest BCUT2D eigenvalue weighted by molar-refractivity contribution is 0.0524. The van der Waals surface area contributed by atoms with Crippen LogP contribution in [0.1, 0.15) is 34.0 Å². The van der Waals surface area contributed by atoms with E-state index in [-0.39, 0.29) is 17.6 Å². The summed E-state index contributed by atoms with van der Waals surface area (Å²) in [6.07, 6.45) is 2.39. The Morgan fingerprint density at radius 1 is 0.867 bits per heavy atom. The standard InChI is InChI=1S/C36H38N2O6S/c1-6-44-36(40)29-23-38(21-26-12-8-10-14-31(26)43-5)35-32(33(29)39)28(34(45-35)25-15-17-27(41-3)18-16-25)22-37(2)20-19-24-11-7-9-13-30(24)42-4/h7-18,23H,6,19-22H2,1-5H3. The Kier molecular flexibility index (Phi) is 10.2. The lowest BCUT2D eigenvalue weighted by Gasteiger charge is -2.19. The number of aromatic nitrogens is 1. The van der Waals surface area contributed by atoms with E-state index in [0.29, 0.717) is 18.5 Å². The summed E-state index contributed by atoms with van der Waals surface area (Å²) in [4.78, 5) is 31.3. The number of para-hydroxylation sites is 2. The van der Waals surface area contributed by atoms with Crippen LogP contribution in [0.15, 0.2) is 83.8 Å². The molecule has 3 aromatic carbocycles.